The molecular formula is C18H27N3O4S. The Hall–Kier alpha value is -1.96. The molecule has 1 aliphatic heterocycles. The highest BCUT2D eigenvalue weighted by Gasteiger charge is 2.28. The number of carbonyl (C=O) groups is 3. The number of nitrogens with one attached hydrogen (secondary N) is 1. The second-order valence-electron chi connectivity index (χ2n) is 7.69. The van der Waals surface area contributed by atoms with Crippen LogP contribution in [0.4, 0.5) is 5.13 Å². The molecule has 2 heterocycles. The number of anilines is 1. The van der Waals surface area contributed by atoms with Gasteiger partial charge in [-0.1, -0.05) is 20.8 Å². The molecule has 1 aromatic heterocycles. The van der Waals surface area contributed by atoms with Gasteiger partial charge >= 0.3 is 5.97 Å². The minimum absolute atomic E-state index is 0.00829. The second kappa shape index (κ2) is 8.62. The smallest absolute Gasteiger partial charge is 0.303 e. The van der Waals surface area contributed by atoms with Crippen LogP contribution < -0.4 is 5.32 Å². The van der Waals surface area contributed by atoms with E-state index < -0.39 is 11.4 Å². The third-order valence-corrected chi connectivity index (χ3v) is 5.23. The summed E-state index contributed by atoms with van der Waals surface area (Å²) in [6, 6.07) is -0.00829. The van der Waals surface area contributed by atoms with Crippen LogP contribution >= 0.6 is 11.3 Å². The first-order valence-corrected chi connectivity index (χ1v) is 9.82. The highest BCUT2D eigenvalue weighted by atomic mass is 32.1. The third-order valence-electron chi connectivity index (χ3n) is 4.42. The molecule has 1 aliphatic rings. The van der Waals surface area contributed by atoms with E-state index in [0.717, 1.165) is 19.3 Å². The molecule has 1 saturated heterocycles. The first-order valence-electron chi connectivity index (χ1n) is 8.94. The van der Waals surface area contributed by atoms with Crippen molar-refractivity contribution in [2.45, 2.75) is 65.3 Å². The van der Waals surface area contributed by atoms with Gasteiger partial charge in [0.15, 0.2) is 5.13 Å². The van der Waals surface area contributed by atoms with Crippen LogP contribution in [0.5, 0.6) is 0 Å². The quantitative estimate of drug-likeness (QED) is 0.789. The minimum atomic E-state index is -0.832. The second-order valence-corrected chi connectivity index (χ2v) is 8.55. The van der Waals surface area contributed by atoms with Crippen molar-refractivity contribution in [3.05, 3.63) is 11.1 Å². The number of nitrogens with zero attached hydrogens (tertiary/aromatic N) is 2. The van der Waals surface area contributed by atoms with Gasteiger partial charge in [0.1, 0.15) is 0 Å². The Kier molecular flexibility index (Phi) is 6.75. The Labute approximate surface area is 157 Å². The van der Waals surface area contributed by atoms with Crippen molar-refractivity contribution < 1.29 is 19.5 Å². The van der Waals surface area contributed by atoms with Crippen LogP contribution in [0.25, 0.3) is 0 Å². The largest absolute Gasteiger partial charge is 0.481 e. The fraction of sp³-hybridized carbons (Fsp3) is 0.667. The van der Waals surface area contributed by atoms with Crippen molar-refractivity contribution in [1.29, 1.82) is 0 Å². The summed E-state index contributed by atoms with van der Waals surface area (Å²) in [5.41, 5.74) is 0.124. The summed E-state index contributed by atoms with van der Waals surface area (Å²) >= 11 is 1.31. The van der Waals surface area contributed by atoms with Crippen molar-refractivity contribution in [2.75, 3.05) is 11.9 Å². The maximum Gasteiger partial charge on any atom is 0.303 e. The van der Waals surface area contributed by atoms with E-state index in [4.69, 9.17) is 5.11 Å². The van der Waals surface area contributed by atoms with Gasteiger partial charge < -0.3 is 15.3 Å². The lowest BCUT2D eigenvalue weighted by Crippen LogP contribution is -2.44. The number of hydrogen-bond acceptors (Lipinski definition) is 5. The molecular weight excluding hydrogens is 354 g/mol. The zero-order valence-electron chi connectivity index (χ0n) is 15.6. The Morgan fingerprint density at radius 3 is 2.73 bits per heavy atom. The van der Waals surface area contributed by atoms with E-state index in [2.05, 4.69) is 10.3 Å². The average molecular weight is 381 g/mol. The molecule has 2 N–H and O–H groups in total. The zero-order valence-corrected chi connectivity index (χ0v) is 16.4. The summed E-state index contributed by atoms with van der Waals surface area (Å²) in [6.07, 6.45) is 3.56. The number of amides is 2. The Balaban J connectivity index is 1.95. The lowest BCUT2D eigenvalue weighted by Gasteiger charge is -2.35. The number of likely N-dealkylation sites (tertiary alicyclic amines) is 1. The normalized spacial score (nSPS) is 17.8. The van der Waals surface area contributed by atoms with Crippen molar-refractivity contribution in [1.82, 2.24) is 9.88 Å². The molecule has 0 aromatic carbocycles. The summed E-state index contributed by atoms with van der Waals surface area (Å²) in [5.74, 6) is -0.977. The molecule has 144 valence electrons. The topological polar surface area (TPSA) is 99.6 Å². The maximum absolute atomic E-state index is 12.7. The van der Waals surface area contributed by atoms with E-state index in [1.807, 2.05) is 20.8 Å². The predicted molar refractivity (Wildman–Crippen MR) is 100 cm³/mol. The molecule has 1 aromatic rings. The monoisotopic (exact) mass is 381 g/mol. The van der Waals surface area contributed by atoms with Crippen LogP contribution in [0.1, 0.15) is 58.6 Å². The van der Waals surface area contributed by atoms with Gasteiger partial charge in [-0.15, -0.1) is 11.3 Å². The van der Waals surface area contributed by atoms with Crippen LogP contribution in [0, 0.1) is 5.41 Å². The van der Waals surface area contributed by atoms with Crippen molar-refractivity contribution in [3.8, 4) is 0 Å². The summed E-state index contributed by atoms with van der Waals surface area (Å²) in [6.45, 7) is 6.15. The molecule has 1 atom stereocenters. The lowest BCUT2D eigenvalue weighted by atomic mass is 9.96. The molecule has 2 rings (SSSR count). The van der Waals surface area contributed by atoms with Crippen molar-refractivity contribution in [2.24, 2.45) is 5.41 Å². The van der Waals surface area contributed by atoms with Gasteiger partial charge in [-0.2, -0.15) is 0 Å². The number of carbonyl (C=O) groups excluding carboxylic acids is 2. The Morgan fingerprint density at radius 1 is 1.35 bits per heavy atom. The van der Waals surface area contributed by atoms with E-state index >= 15 is 0 Å². The van der Waals surface area contributed by atoms with Gasteiger partial charge in [0.2, 0.25) is 11.8 Å². The van der Waals surface area contributed by atoms with Crippen LogP contribution in [0.15, 0.2) is 5.38 Å². The minimum Gasteiger partial charge on any atom is -0.481 e. The maximum atomic E-state index is 12.7. The van der Waals surface area contributed by atoms with Crippen LogP contribution in [-0.2, 0) is 20.8 Å². The van der Waals surface area contributed by atoms with Gasteiger partial charge in [0, 0.05) is 29.8 Å². The number of carboxylic acid groups (broad SMARTS) is 1. The molecule has 1 unspecified atom stereocenters. The van der Waals surface area contributed by atoms with E-state index in [-0.39, 0.29) is 30.7 Å². The number of carboxylic acids is 1. The summed E-state index contributed by atoms with van der Waals surface area (Å²) in [5, 5.41) is 13.9. The molecule has 0 bridgehead atoms. The van der Waals surface area contributed by atoms with Gasteiger partial charge in [-0.05, 0) is 25.7 Å². The van der Waals surface area contributed by atoms with Crippen LogP contribution in [0.3, 0.4) is 0 Å². The summed E-state index contributed by atoms with van der Waals surface area (Å²) in [4.78, 5) is 41.7. The number of hydrogen-bond donors (Lipinski definition) is 2. The molecule has 0 radical (unpaired) electrons. The van der Waals surface area contributed by atoms with Crippen molar-refractivity contribution >= 4 is 34.3 Å². The molecule has 2 amide bonds. The number of piperidine rings is 1. The number of rotatable bonds is 6. The molecule has 7 nitrogen and oxygen atoms in total. The van der Waals surface area contributed by atoms with Gasteiger partial charge in [-0.25, -0.2) is 4.98 Å². The average Bonchev–Trinajstić information content (AvgIpc) is 2.99. The summed E-state index contributed by atoms with van der Waals surface area (Å²) in [7, 11) is 0. The first-order chi connectivity index (χ1) is 12.2. The number of thiazole rings is 1. The number of aliphatic carboxylic acids is 1. The van der Waals surface area contributed by atoms with E-state index in [9.17, 15) is 14.4 Å². The van der Waals surface area contributed by atoms with Crippen LogP contribution in [0.2, 0.25) is 0 Å². The van der Waals surface area contributed by atoms with Gasteiger partial charge in [0.25, 0.3) is 0 Å². The SMILES string of the molecule is CC(C)(C)C(=O)Nc1nc(CC(=O)N2CCCCC2CCC(=O)O)cs1. The van der Waals surface area contributed by atoms with Gasteiger partial charge in [-0.3, -0.25) is 14.4 Å². The Morgan fingerprint density at radius 2 is 2.08 bits per heavy atom. The molecule has 26 heavy (non-hydrogen) atoms. The van der Waals surface area contributed by atoms with E-state index in [0.29, 0.717) is 23.8 Å². The van der Waals surface area contributed by atoms with Crippen molar-refractivity contribution in [3.63, 3.8) is 0 Å². The first kappa shape index (κ1) is 20.4. The van der Waals surface area contributed by atoms with E-state index in [1.54, 1.807) is 10.3 Å². The third kappa shape index (κ3) is 5.79. The molecule has 0 aliphatic carbocycles. The van der Waals surface area contributed by atoms with Crippen LogP contribution in [-0.4, -0.2) is 45.4 Å². The molecule has 0 spiro atoms. The Bertz CT molecular complexity index is 666. The molecule has 8 heteroatoms. The molecule has 1 fully saturated rings. The zero-order chi connectivity index (χ0) is 19.3. The van der Waals surface area contributed by atoms with E-state index in [1.165, 1.54) is 11.3 Å². The standard InChI is InChI=1S/C18H27N3O4S/c1-18(2,3)16(25)20-17-19-12(11-26-17)10-14(22)21-9-5-4-6-13(21)7-8-15(23)24/h11,13H,4-10H2,1-3H3,(H,23,24)(H,19,20,25). The lowest BCUT2D eigenvalue weighted by molar-refractivity contribution is -0.139. The molecule has 0 saturated carbocycles. The number of aromatic nitrogens is 1. The highest BCUT2D eigenvalue weighted by Crippen LogP contribution is 2.24. The predicted octanol–water partition coefficient (Wildman–Crippen LogP) is 2.92. The highest BCUT2D eigenvalue weighted by molar-refractivity contribution is 7.13. The fourth-order valence-electron chi connectivity index (χ4n) is 2.91. The van der Waals surface area contributed by atoms with Gasteiger partial charge in [0.05, 0.1) is 12.1 Å². The summed E-state index contributed by atoms with van der Waals surface area (Å²) < 4.78 is 0. The fourth-order valence-corrected chi connectivity index (χ4v) is 3.61.